The van der Waals surface area contributed by atoms with Crippen molar-refractivity contribution in [1.82, 2.24) is 4.90 Å². The third-order valence-corrected chi connectivity index (χ3v) is 1.94. The first kappa shape index (κ1) is 11.7. The lowest BCUT2D eigenvalue weighted by Crippen LogP contribution is -2.27. The normalized spacial score (nSPS) is 9.93. The van der Waals surface area contributed by atoms with Gasteiger partial charge >= 0.3 is 6.03 Å². The lowest BCUT2D eigenvalue weighted by atomic mass is 10.3. The van der Waals surface area contributed by atoms with Crippen molar-refractivity contribution in [3.63, 3.8) is 0 Å². The van der Waals surface area contributed by atoms with Crippen molar-refractivity contribution in [2.75, 3.05) is 19.4 Å². The van der Waals surface area contributed by atoms with Gasteiger partial charge in [0.05, 0.1) is 10.7 Å². The van der Waals surface area contributed by atoms with Crippen LogP contribution < -0.4 is 5.32 Å². The molecule has 1 aromatic carbocycles. The highest BCUT2D eigenvalue weighted by atomic mass is 35.5. The molecule has 0 bridgehead atoms. The van der Waals surface area contributed by atoms with Gasteiger partial charge in [-0.25, -0.2) is 13.6 Å². The van der Waals surface area contributed by atoms with Crippen molar-refractivity contribution in [2.24, 2.45) is 0 Å². The quantitative estimate of drug-likeness (QED) is 0.796. The Morgan fingerprint density at radius 2 is 2.00 bits per heavy atom. The Kier molecular flexibility index (Phi) is 3.47. The number of halogens is 3. The number of nitrogens with one attached hydrogen (secondary N) is 1. The van der Waals surface area contributed by atoms with E-state index in [1.165, 1.54) is 19.0 Å². The average molecular weight is 235 g/mol. The zero-order chi connectivity index (χ0) is 11.6. The number of urea groups is 1. The molecule has 0 radical (unpaired) electrons. The molecule has 0 atom stereocenters. The van der Waals surface area contributed by atoms with Crippen molar-refractivity contribution in [1.29, 1.82) is 0 Å². The van der Waals surface area contributed by atoms with Crippen LogP contribution in [0.5, 0.6) is 0 Å². The number of hydrogen-bond acceptors (Lipinski definition) is 1. The molecular formula is C9H9ClF2N2O. The zero-order valence-electron chi connectivity index (χ0n) is 8.14. The van der Waals surface area contributed by atoms with Crippen molar-refractivity contribution < 1.29 is 13.6 Å². The van der Waals surface area contributed by atoms with E-state index in [0.29, 0.717) is 6.07 Å². The molecule has 1 N–H and O–H groups in total. The van der Waals surface area contributed by atoms with Crippen LogP contribution in [-0.4, -0.2) is 25.0 Å². The molecule has 0 unspecified atom stereocenters. The van der Waals surface area contributed by atoms with Gasteiger partial charge in [0.1, 0.15) is 5.82 Å². The van der Waals surface area contributed by atoms with Gasteiger partial charge in [0.2, 0.25) is 0 Å². The lowest BCUT2D eigenvalue weighted by molar-refractivity contribution is 0.230. The smallest absolute Gasteiger partial charge is 0.321 e. The second-order valence-corrected chi connectivity index (χ2v) is 3.48. The number of benzene rings is 1. The molecule has 1 rings (SSSR count). The monoisotopic (exact) mass is 234 g/mol. The summed E-state index contributed by atoms with van der Waals surface area (Å²) in [5.74, 6) is -1.70. The van der Waals surface area contributed by atoms with Gasteiger partial charge in [0.15, 0.2) is 5.82 Å². The Bertz CT molecular complexity index is 373. The SMILES string of the molecule is CN(C)C(=O)Nc1c(F)cc(F)cc1Cl. The molecule has 0 saturated heterocycles. The Morgan fingerprint density at radius 3 is 2.47 bits per heavy atom. The maximum absolute atomic E-state index is 13.2. The summed E-state index contributed by atoms with van der Waals surface area (Å²) in [4.78, 5) is 12.4. The predicted octanol–water partition coefficient (Wildman–Crippen LogP) is 2.71. The fraction of sp³-hybridized carbons (Fsp3) is 0.222. The fourth-order valence-corrected chi connectivity index (χ4v) is 1.12. The van der Waals surface area contributed by atoms with E-state index >= 15 is 0 Å². The molecule has 0 aliphatic heterocycles. The summed E-state index contributed by atoms with van der Waals surface area (Å²) in [7, 11) is 2.98. The molecular weight excluding hydrogens is 226 g/mol. The summed E-state index contributed by atoms with van der Waals surface area (Å²) in [5, 5.41) is 2.04. The standard InChI is InChI=1S/C9H9ClF2N2O/c1-14(2)9(15)13-8-6(10)3-5(11)4-7(8)12/h3-4H,1-2H3,(H,13,15). The van der Waals surface area contributed by atoms with E-state index < -0.39 is 17.7 Å². The van der Waals surface area contributed by atoms with Crippen LogP contribution in [0.4, 0.5) is 19.3 Å². The van der Waals surface area contributed by atoms with E-state index in [-0.39, 0.29) is 10.7 Å². The molecule has 3 nitrogen and oxygen atoms in total. The molecule has 0 aliphatic rings. The van der Waals surface area contributed by atoms with Gasteiger partial charge in [0, 0.05) is 20.2 Å². The zero-order valence-corrected chi connectivity index (χ0v) is 8.90. The maximum Gasteiger partial charge on any atom is 0.321 e. The van der Waals surface area contributed by atoms with E-state index in [2.05, 4.69) is 5.32 Å². The molecule has 0 aromatic heterocycles. The van der Waals surface area contributed by atoms with Crippen LogP contribution in [-0.2, 0) is 0 Å². The fourth-order valence-electron chi connectivity index (χ4n) is 0.880. The van der Waals surface area contributed by atoms with Crippen molar-refractivity contribution in [2.45, 2.75) is 0 Å². The highest BCUT2D eigenvalue weighted by molar-refractivity contribution is 6.33. The first-order chi connectivity index (χ1) is 6.91. The number of hydrogen-bond donors (Lipinski definition) is 1. The molecule has 15 heavy (non-hydrogen) atoms. The minimum atomic E-state index is -0.907. The van der Waals surface area contributed by atoms with Gasteiger partial charge in [-0.05, 0) is 6.07 Å². The van der Waals surface area contributed by atoms with E-state index in [4.69, 9.17) is 11.6 Å². The average Bonchev–Trinajstić information content (AvgIpc) is 2.10. The van der Waals surface area contributed by atoms with Gasteiger partial charge in [-0.2, -0.15) is 0 Å². The van der Waals surface area contributed by atoms with Crippen molar-refractivity contribution in [3.8, 4) is 0 Å². The molecule has 0 fully saturated rings. The number of rotatable bonds is 1. The minimum absolute atomic E-state index is 0.178. The van der Waals surface area contributed by atoms with Crippen LogP contribution in [0, 0.1) is 11.6 Å². The van der Waals surface area contributed by atoms with E-state index in [1.807, 2.05) is 0 Å². The Morgan fingerprint density at radius 1 is 1.40 bits per heavy atom. The molecule has 0 aliphatic carbocycles. The van der Waals surface area contributed by atoms with Gasteiger partial charge in [0.25, 0.3) is 0 Å². The minimum Gasteiger partial charge on any atom is -0.331 e. The Balaban J connectivity index is 3.00. The molecule has 6 heteroatoms. The molecule has 0 saturated carbocycles. The van der Waals surface area contributed by atoms with Gasteiger partial charge in [-0.1, -0.05) is 11.6 Å². The number of nitrogens with zero attached hydrogens (tertiary/aromatic N) is 1. The van der Waals surface area contributed by atoms with Crippen LogP contribution in [0.3, 0.4) is 0 Å². The summed E-state index contributed by atoms with van der Waals surface area (Å²) < 4.78 is 25.8. The number of carbonyl (C=O) groups is 1. The van der Waals surface area contributed by atoms with Gasteiger partial charge < -0.3 is 10.2 Å². The van der Waals surface area contributed by atoms with Crippen LogP contribution in [0.15, 0.2) is 12.1 Å². The number of carbonyl (C=O) groups excluding carboxylic acids is 1. The van der Waals surface area contributed by atoms with Crippen LogP contribution in [0.1, 0.15) is 0 Å². The summed E-state index contributed by atoms with van der Waals surface area (Å²) in [6.45, 7) is 0. The van der Waals surface area contributed by atoms with Crippen LogP contribution in [0.2, 0.25) is 5.02 Å². The van der Waals surface area contributed by atoms with Gasteiger partial charge in [-0.3, -0.25) is 0 Å². The van der Waals surface area contributed by atoms with Crippen molar-refractivity contribution >= 4 is 23.3 Å². The summed E-state index contributed by atoms with van der Waals surface area (Å²) in [6.07, 6.45) is 0. The number of anilines is 1. The summed E-state index contributed by atoms with van der Waals surface area (Å²) >= 11 is 5.57. The third-order valence-electron chi connectivity index (χ3n) is 1.64. The molecule has 82 valence electrons. The topological polar surface area (TPSA) is 32.3 Å². The Labute approximate surface area is 90.6 Å². The maximum atomic E-state index is 13.2. The predicted molar refractivity (Wildman–Crippen MR) is 54.1 cm³/mol. The summed E-state index contributed by atoms with van der Waals surface area (Å²) in [5.41, 5.74) is -0.225. The second kappa shape index (κ2) is 4.44. The highest BCUT2D eigenvalue weighted by Crippen LogP contribution is 2.26. The molecule has 0 spiro atoms. The molecule has 2 amide bonds. The van der Waals surface area contributed by atoms with E-state index in [1.54, 1.807) is 0 Å². The highest BCUT2D eigenvalue weighted by Gasteiger charge is 2.13. The first-order valence-electron chi connectivity index (χ1n) is 4.04. The van der Waals surface area contributed by atoms with Crippen molar-refractivity contribution in [3.05, 3.63) is 28.8 Å². The lowest BCUT2D eigenvalue weighted by Gasteiger charge is -2.13. The Hall–Kier alpha value is -1.36. The third kappa shape index (κ3) is 2.79. The van der Waals surface area contributed by atoms with E-state index in [0.717, 1.165) is 6.07 Å². The van der Waals surface area contributed by atoms with Gasteiger partial charge in [-0.15, -0.1) is 0 Å². The summed E-state index contributed by atoms with van der Waals surface area (Å²) in [6, 6.07) is 1.04. The molecule has 0 heterocycles. The largest absolute Gasteiger partial charge is 0.331 e. The first-order valence-corrected chi connectivity index (χ1v) is 4.42. The van der Waals surface area contributed by atoms with Crippen LogP contribution >= 0.6 is 11.6 Å². The number of amides is 2. The van der Waals surface area contributed by atoms with E-state index in [9.17, 15) is 13.6 Å². The second-order valence-electron chi connectivity index (χ2n) is 3.07. The molecule has 1 aromatic rings. The van der Waals surface area contributed by atoms with Crippen LogP contribution in [0.25, 0.3) is 0 Å².